The first kappa shape index (κ1) is 13.6. The highest BCUT2D eigenvalue weighted by molar-refractivity contribution is 6.30. The summed E-state index contributed by atoms with van der Waals surface area (Å²) in [7, 11) is 1.97. The minimum atomic E-state index is 0.170. The molecule has 0 saturated heterocycles. The quantitative estimate of drug-likeness (QED) is 0.919. The second-order valence-electron chi connectivity index (χ2n) is 5.56. The number of nitrogens with zero attached hydrogens (tertiary/aromatic N) is 3. The first-order chi connectivity index (χ1) is 9.65. The number of rotatable bonds is 5. The Morgan fingerprint density at radius 1 is 1.30 bits per heavy atom. The Morgan fingerprint density at radius 3 is 2.55 bits per heavy atom. The molecule has 20 heavy (non-hydrogen) atoms. The van der Waals surface area contributed by atoms with Crippen molar-refractivity contribution in [3.63, 3.8) is 0 Å². The molecule has 0 aliphatic heterocycles. The van der Waals surface area contributed by atoms with Gasteiger partial charge in [-0.2, -0.15) is 0 Å². The van der Waals surface area contributed by atoms with E-state index < -0.39 is 0 Å². The molecule has 1 N–H and O–H groups in total. The third-order valence-corrected chi connectivity index (χ3v) is 4.14. The van der Waals surface area contributed by atoms with E-state index in [2.05, 4.69) is 34.6 Å². The molecule has 4 nitrogen and oxygen atoms in total. The predicted molar refractivity (Wildman–Crippen MR) is 79.5 cm³/mol. The molecule has 2 unspecified atom stereocenters. The molecule has 0 amide bonds. The highest BCUT2D eigenvalue weighted by Gasteiger charge is 2.33. The zero-order valence-corrected chi connectivity index (χ0v) is 12.5. The van der Waals surface area contributed by atoms with Crippen molar-refractivity contribution in [1.82, 2.24) is 20.1 Å². The Labute approximate surface area is 124 Å². The van der Waals surface area contributed by atoms with Gasteiger partial charge in [0.15, 0.2) is 0 Å². The third kappa shape index (κ3) is 2.86. The van der Waals surface area contributed by atoms with Crippen molar-refractivity contribution in [2.75, 3.05) is 0 Å². The van der Waals surface area contributed by atoms with E-state index in [0.717, 1.165) is 10.8 Å². The van der Waals surface area contributed by atoms with Crippen LogP contribution in [0.15, 0.2) is 30.6 Å². The Kier molecular flexibility index (Phi) is 3.76. The molecule has 1 heterocycles. The molecule has 1 aromatic carbocycles. The van der Waals surface area contributed by atoms with E-state index in [-0.39, 0.29) is 6.04 Å². The van der Waals surface area contributed by atoms with Gasteiger partial charge < -0.3 is 9.88 Å². The molecule has 3 rings (SSSR count). The summed E-state index contributed by atoms with van der Waals surface area (Å²) in [5.74, 6) is 1.68. The lowest BCUT2D eigenvalue weighted by molar-refractivity contribution is 0.410. The topological polar surface area (TPSA) is 42.7 Å². The van der Waals surface area contributed by atoms with Crippen molar-refractivity contribution >= 4 is 11.6 Å². The average Bonchev–Trinajstić information content (AvgIpc) is 3.18. The summed E-state index contributed by atoms with van der Waals surface area (Å²) < 4.78 is 1.96. The van der Waals surface area contributed by atoms with Gasteiger partial charge in [0.2, 0.25) is 0 Å². The molecule has 2 aromatic rings. The number of hydrogen-bond acceptors (Lipinski definition) is 3. The number of aryl methyl sites for hydroxylation is 1. The molecule has 1 aromatic heterocycles. The normalized spacial score (nSPS) is 17.9. The lowest BCUT2D eigenvalue weighted by Gasteiger charge is -2.23. The summed E-state index contributed by atoms with van der Waals surface area (Å²) >= 11 is 5.98. The van der Waals surface area contributed by atoms with E-state index in [9.17, 15) is 0 Å². The Hall–Kier alpha value is -1.39. The number of aromatic nitrogens is 3. The predicted octanol–water partition coefficient (Wildman–Crippen LogP) is 3.27. The molecule has 1 saturated carbocycles. The van der Waals surface area contributed by atoms with Crippen LogP contribution < -0.4 is 5.32 Å². The van der Waals surface area contributed by atoms with Crippen LogP contribution in [0, 0.1) is 5.92 Å². The first-order valence-corrected chi connectivity index (χ1v) is 7.38. The van der Waals surface area contributed by atoms with Crippen molar-refractivity contribution in [2.45, 2.75) is 31.8 Å². The monoisotopic (exact) mass is 290 g/mol. The maximum absolute atomic E-state index is 5.98. The molecule has 1 fully saturated rings. The Bertz CT molecular complexity index is 574. The Morgan fingerprint density at radius 2 is 2.00 bits per heavy atom. The summed E-state index contributed by atoms with van der Waals surface area (Å²) in [4.78, 5) is 0. The van der Waals surface area contributed by atoms with Crippen LogP contribution in [0.5, 0.6) is 0 Å². The zero-order valence-electron chi connectivity index (χ0n) is 11.8. The van der Waals surface area contributed by atoms with Gasteiger partial charge in [-0.3, -0.25) is 0 Å². The van der Waals surface area contributed by atoms with E-state index in [0.29, 0.717) is 12.0 Å². The highest BCUT2D eigenvalue weighted by Crippen LogP contribution is 2.42. The van der Waals surface area contributed by atoms with Gasteiger partial charge in [0.1, 0.15) is 12.2 Å². The van der Waals surface area contributed by atoms with Gasteiger partial charge in [0.05, 0.1) is 6.04 Å². The first-order valence-electron chi connectivity index (χ1n) is 7.00. The molecule has 1 aliphatic carbocycles. The molecule has 0 spiro atoms. The fourth-order valence-corrected chi connectivity index (χ4v) is 2.76. The molecule has 1 aliphatic rings. The van der Waals surface area contributed by atoms with Crippen molar-refractivity contribution in [3.05, 3.63) is 47.0 Å². The van der Waals surface area contributed by atoms with E-state index in [1.54, 1.807) is 6.33 Å². The minimum absolute atomic E-state index is 0.170. The molecule has 106 valence electrons. The number of halogens is 1. The molecule has 5 heteroatoms. The summed E-state index contributed by atoms with van der Waals surface area (Å²) in [5.41, 5.74) is 1.30. The molecular formula is C15H19ClN4. The summed E-state index contributed by atoms with van der Waals surface area (Å²) in [6, 6.07) is 8.67. The SMILES string of the molecule is CC(NC(c1ccc(Cl)cc1)C1CC1)c1nncn1C. The fraction of sp³-hybridized carbons (Fsp3) is 0.467. The van der Waals surface area contributed by atoms with Gasteiger partial charge in [-0.15, -0.1) is 10.2 Å². The number of benzene rings is 1. The fourth-order valence-electron chi connectivity index (χ4n) is 2.63. The highest BCUT2D eigenvalue weighted by atomic mass is 35.5. The maximum atomic E-state index is 5.98. The standard InChI is InChI=1S/C15H19ClN4/c1-10(15-19-17-9-20(15)2)18-14(11-3-4-11)12-5-7-13(16)8-6-12/h5-11,14,18H,3-4H2,1-2H3. The van der Waals surface area contributed by atoms with Crippen molar-refractivity contribution in [2.24, 2.45) is 13.0 Å². The largest absolute Gasteiger partial charge is 0.319 e. The van der Waals surface area contributed by atoms with Gasteiger partial charge in [-0.25, -0.2) is 0 Å². The zero-order chi connectivity index (χ0) is 14.1. The summed E-state index contributed by atoms with van der Waals surface area (Å²) in [6.07, 6.45) is 4.31. The molecular weight excluding hydrogens is 272 g/mol. The lowest BCUT2D eigenvalue weighted by atomic mass is 10.0. The molecule has 0 bridgehead atoms. The van der Waals surface area contributed by atoms with Crippen LogP contribution in [0.3, 0.4) is 0 Å². The maximum Gasteiger partial charge on any atom is 0.149 e. The van der Waals surface area contributed by atoms with Crippen molar-refractivity contribution in [1.29, 1.82) is 0 Å². The number of nitrogens with one attached hydrogen (secondary N) is 1. The lowest BCUT2D eigenvalue weighted by Crippen LogP contribution is -2.28. The van der Waals surface area contributed by atoms with Gasteiger partial charge in [-0.1, -0.05) is 23.7 Å². The van der Waals surface area contributed by atoms with Gasteiger partial charge in [0, 0.05) is 18.1 Å². The van der Waals surface area contributed by atoms with Crippen LogP contribution in [0.4, 0.5) is 0 Å². The van der Waals surface area contributed by atoms with Gasteiger partial charge >= 0.3 is 0 Å². The van der Waals surface area contributed by atoms with E-state index in [1.165, 1.54) is 18.4 Å². The van der Waals surface area contributed by atoms with E-state index in [1.807, 2.05) is 23.7 Å². The summed E-state index contributed by atoms with van der Waals surface area (Å²) in [6.45, 7) is 2.13. The summed E-state index contributed by atoms with van der Waals surface area (Å²) in [5, 5.41) is 12.6. The molecule has 0 radical (unpaired) electrons. The third-order valence-electron chi connectivity index (χ3n) is 3.89. The van der Waals surface area contributed by atoms with Crippen LogP contribution in [-0.2, 0) is 7.05 Å². The van der Waals surface area contributed by atoms with E-state index >= 15 is 0 Å². The van der Waals surface area contributed by atoms with Crippen LogP contribution in [0.25, 0.3) is 0 Å². The molecule has 2 atom stereocenters. The number of hydrogen-bond donors (Lipinski definition) is 1. The second-order valence-corrected chi connectivity index (χ2v) is 5.99. The van der Waals surface area contributed by atoms with Crippen molar-refractivity contribution < 1.29 is 0 Å². The van der Waals surface area contributed by atoms with Crippen molar-refractivity contribution in [3.8, 4) is 0 Å². The Balaban J connectivity index is 1.78. The van der Waals surface area contributed by atoms with Gasteiger partial charge in [0.25, 0.3) is 0 Å². The van der Waals surface area contributed by atoms with Crippen LogP contribution in [0.2, 0.25) is 5.02 Å². The van der Waals surface area contributed by atoms with Crippen LogP contribution in [-0.4, -0.2) is 14.8 Å². The van der Waals surface area contributed by atoms with E-state index in [4.69, 9.17) is 11.6 Å². The smallest absolute Gasteiger partial charge is 0.149 e. The minimum Gasteiger partial charge on any atom is -0.319 e. The second kappa shape index (κ2) is 5.54. The van der Waals surface area contributed by atoms with Crippen LogP contribution in [0.1, 0.15) is 43.2 Å². The van der Waals surface area contributed by atoms with Crippen LogP contribution >= 0.6 is 11.6 Å². The average molecular weight is 291 g/mol. The van der Waals surface area contributed by atoms with Gasteiger partial charge in [-0.05, 0) is 43.4 Å².